The smallest absolute Gasteiger partial charge is 0.242 e. The first-order chi connectivity index (χ1) is 15.7. The van der Waals surface area contributed by atoms with Gasteiger partial charge in [-0.1, -0.05) is 30.3 Å². The van der Waals surface area contributed by atoms with Gasteiger partial charge in [0.05, 0.1) is 18.1 Å². The monoisotopic (exact) mass is 427 g/mol. The van der Waals surface area contributed by atoms with Crippen molar-refractivity contribution in [1.29, 1.82) is 0 Å². The third-order valence-corrected chi connectivity index (χ3v) is 6.22. The fraction of sp³-hybridized carbons (Fsp3) is 0.231. The molecule has 6 nitrogen and oxygen atoms in total. The van der Waals surface area contributed by atoms with Crippen LogP contribution in [-0.4, -0.2) is 48.7 Å². The number of rotatable bonds is 4. The molecule has 2 heterocycles. The number of anilines is 1. The van der Waals surface area contributed by atoms with E-state index in [1.807, 2.05) is 76.2 Å². The number of benzene rings is 3. The first-order valence-electron chi connectivity index (χ1n) is 10.8. The van der Waals surface area contributed by atoms with Crippen LogP contribution in [0.15, 0.2) is 77.6 Å². The summed E-state index contributed by atoms with van der Waals surface area (Å²) in [6.07, 6.45) is 0. The molecule has 0 aliphatic carbocycles. The lowest BCUT2D eigenvalue weighted by Gasteiger charge is -2.36. The molecule has 0 radical (unpaired) electrons. The van der Waals surface area contributed by atoms with Crippen molar-refractivity contribution >= 4 is 33.4 Å². The Balaban J connectivity index is 1.39. The van der Waals surface area contributed by atoms with E-state index in [2.05, 4.69) is 11.0 Å². The van der Waals surface area contributed by atoms with Crippen molar-refractivity contribution in [1.82, 2.24) is 9.47 Å². The Kier molecular flexibility index (Phi) is 5.27. The molecule has 6 heteroatoms. The molecule has 162 valence electrons. The zero-order valence-electron chi connectivity index (χ0n) is 18.0. The number of nitrogens with zero attached hydrogens (tertiary/aromatic N) is 3. The molecular weight excluding hydrogens is 402 g/mol. The molecule has 3 aromatic carbocycles. The Morgan fingerprint density at radius 3 is 2.09 bits per heavy atom. The summed E-state index contributed by atoms with van der Waals surface area (Å²) in [5.41, 5.74) is 2.69. The average Bonchev–Trinajstić information content (AvgIpc) is 2.86. The van der Waals surface area contributed by atoms with E-state index in [0.29, 0.717) is 23.9 Å². The van der Waals surface area contributed by atoms with Crippen LogP contribution in [0.25, 0.3) is 21.8 Å². The molecule has 0 N–H and O–H groups in total. The highest BCUT2D eigenvalue weighted by Crippen LogP contribution is 2.23. The number of carbonyl (C=O) groups is 1. The lowest BCUT2D eigenvalue weighted by atomic mass is 10.1. The molecule has 1 aromatic heterocycles. The molecule has 5 rings (SSSR count). The number of carbonyl (C=O) groups excluding carboxylic acids is 1. The zero-order valence-corrected chi connectivity index (χ0v) is 18.0. The van der Waals surface area contributed by atoms with Gasteiger partial charge in [0.1, 0.15) is 12.3 Å². The third kappa shape index (κ3) is 3.58. The highest BCUT2D eigenvalue weighted by atomic mass is 16.5. The van der Waals surface area contributed by atoms with E-state index < -0.39 is 0 Å². The quantitative estimate of drug-likeness (QED) is 0.468. The molecule has 0 unspecified atom stereocenters. The first kappa shape index (κ1) is 20.1. The minimum absolute atomic E-state index is 0.00630. The number of fused-ring (bicyclic) bond motifs is 2. The second-order valence-corrected chi connectivity index (χ2v) is 8.02. The highest BCUT2D eigenvalue weighted by Gasteiger charge is 2.23. The van der Waals surface area contributed by atoms with Gasteiger partial charge in [0, 0.05) is 48.7 Å². The van der Waals surface area contributed by atoms with E-state index in [9.17, 15) is 9.59 Å². The maximum absolute atomic E-state index is 13.3. The predicted molar refractivity (Wildman–Crippen MR) is 128 cm³/mol. The lowest BCUT2D eigenvalue weighted by molar-refractivity contribution is -0.132. The molecule has 0 saturated carbocycles. The molecule has 1 amide bonds. The van der Waals surface area contributed by atoms with Crippen LogP contribution in [0.5, 0.6) is 5.75 Å². The molecule has 0 bridgehead atoms. The molecule has 1 aliphatic heterocycles. The van der Waals surface area contributed by atoms with Crippen LogP contribution >= 0.6 is 0 Å². The summed E-state index contributed by atoms with van der Waals surface area (Å²) in [4.78, 5) is 30.4. The van der Waals surface area contributed by atoms with E-state index in [0.717, 1.165) is 35.6 Å². The number of methoxy groups -OCH3 is 1. The topological polar surface area (TPSA) is 54.8 Å². The molecule has 32 heavy (non-hydrogen) atoms. The molecule has 0 spiro atoms. The second kappa shape index (κ2) is 8.38. The lowest BCUT2D eigenvalue weighted by Crippen LogP contribution is -2.49. The van der Waals surface area contributed by atoms with Crippen LogP contribution in [-0.2, 0) is 11.3 Å². The van der Waals surface area contributed by atoms with Crippen LogP contribution in [0.1, 0.15) is 0 Å². The zero-order chi connectivity index (χ0) is 22.1. The van der Waals surface area contributed by atoms with Crippen molar-refractivity contribution in [3.05, 3.63) is 83.0 Å². The van der Waals surface area contributed by atoms with Gasteiger partial charge < -0.3 is 19.1 Å². The minimum Gasteiger partial charge on any atom is -0.497 e. The first-order valence-corrected chi connectivity index (χ1v) is 10.8. The van der Waals surface area contributed by atoms with Crippen molar-refractivity contribution in [3.63, 3.8) is 0 Å². The van der Waals surface area contributed by atoms with Crippen molar-refractivity contribution in [3.8, 4) is 5.75 Å². The van der Waals surface area contributed by atoms with E-state index >= 15 is 0 Å². The van der Waals surface area contributed by atoms with Crippen molar-refractivity contribution in [2.75, 3.05) is 38.2 Å². The Morgan fingerprint density at radius 2 is 1.47 bits per heavy atom. The van der Waals surface area contributed by atoms with Crippen LogP contribution in [0.2, 0.25) is 0 Å². The number of amides is 1. The fourth-order valence-corrected chi connectivity index (χ4v) is 4.50. The Labute approximate surface area is 186 Å². The van der Waals surface area contributed by atoms with E-state index in [-0.39, 0.29) is 17.9 Å². The van der Waals surface area contributed by atoms with Gasteiger partial charge in [0.15, 0.2) is 5.43 Å². The van der Waals surface area contributed by atoms with E-state index in [1.54, 1.807) is 7.11 Å². The van der Waals surface area contributed by atoms with Crippen LogP contribution in [0, 0.1) is 0 Å². The Morgan fingerprint density at radius 1 is 0.844 bits per heavy atom. The summed E-state index contributed by atoms with van der Waals surface area (Å²) in [6, 6.07) is 23.0. The Hall–Kier alpha value is -3.80. The van der Waals surface area contributed by atoms with Gasteiger partial charge in [-0.3, -0.25) is 9.59 Å². The van der Waals surface area contributed by atoms with Crippen LogP contribution in [0.4, 0.5) is 5.69 Å². The maximum Gasteiger partial charge on any atom is 0.242 e. The maximum atomic E-state index is 13.3. The summed E-state index contributed by atoms with van der Waals surface area (Å²) >= 11 is 0. The number of ether oxygens (including phenoxy) is 1. The molecule has 1 aliphatic rings. The summed E-state index contributed by atoms with van der Waals surface area (Å²) in [7, 11) is 1.67. The normalized spacial score (nSPS) is 14.2. The second-order valence-electron chi connectivity index (χ2n) is 8.02. The number of hydrogen-bond donors (Lipinski definition) is 0. The van der Waals surface area contributed by atoms with E-state index in [1.165, 1.54) is 0 Å². The number of piperazine rings is 1. The third-order valence-electron chi connectivity index (χ3n) is 6.22. The minimum atomic E-state index is 0.00630. The largest absolute Gasteiger partial charge is 0.497 e. The van der Waals surface area contributed by atoms with Gasteiger partial charge in [-0.05, 0) is 36.4 Å². The molecule has 0 atom stereocenters. The van der Waals surface area contributed by atoms with Crippen LogP contribution < -0.4 is 15.1 Å². The average molecular weight is 428 g/mol. The highest BCUT2D eigenvalue weighted by molar-refractivity contribution is 5.94. The number of para-hydroxylation sites is 2. The summed E-state index contributed by atoms with van der Waals surface area (Å²) in [5, 5.41) is 1.28. The van der Waals surface area contributed by atoms with Gasteiger partial charge in [0.2, 0.25) is 5.91 Å². The fourth-order valence-electron chi connectivity index (χ4n) is 4.50. The number of aromatic nitrogens is 1. The SMILES string of the molecule is COc1cccc(N2CCN(C(=O)Cn3c4ccccc4c(=O)c4ccccc43)CC2)c1. The molecule has 1 saturated heterocycles. The summed E-state index contributed by atoms with van der Waals surface area (Å²) in [6.45, 7) is 3.06. The number of pyridine rings is 1. The van der Waals surface area contributed by atoms with E-state index in [4.69, 9.17) is 4.74 Å². The number of hydrogen-bond acceptors (Lipinski definition) is 4. The van der Waals surface area contributed by atoms with Gasteiger partial charge >= 0.3 is 0 Å². The van der Waals surface area contributed by atoms with Gasteiger partial charge in [-0.2, -0.15) is 0 Å². The Bertz CT molecular complexity index is 1290. The van der Waals surface area contributed by atoms with Crippen molar-refractivity contribution < 1.29 is 9.53 Å². The van der Waals surface area contributed by atoms with Crippen molar-refractivity contribution in [2.24, 2.45) is 0 Å². The van der Waals surface area contributed by atoms with Gasteiger partial charge in [0.25, 0.3) is 0 Å². The summed E-state index contributed by atoms with van der Waals surface area (Å²) < 4.78 is 7.31. The molecule has 4 aromatic rings. The summed E-state index contributed by atoms with van der Waals surface area (Å²) in [5.74, 6) is 0.896. The molecule has 1 fully saturated rings. The predicted octanol–water partition coefficient (Wildman–Crippen LogP) is 3.51. The van der Waals surface area contributed by atoms with Gasteiger partial charge in [-0.25, -0.2) is 0 Å². The van der Waals surface area contributed by atoms with Crippen LogP contribution in [0.3, 0.4) is 0 Å². The standard InChI is InChI=1S/C26H25N3O3/c1-32-20-8-6-7-19(17-20)27-13-15-28(16-14-27)25(30)18-29-23-11-4-2-9-21(23)26(31)22-10-3-5-12-24(22)29/h2-12,17H,13-16,18H2,1H3. The molecular formula is C26H25N3O3. The van der Waals surface area contributed by atoms with Crippen molar-refractivity contribution in [2.45, 2.75) is 6.54 Å². The van der Waals surface area contributed by atoms with Gasteiger partial charge in [-0.15, -0.1) is 0 Å².